The van der Waals surface area contributed by atoms with Crippen molar-refractivity contribution in [2.45, 2.75) is 32.2 Å². The van der Waals surface area contributed by atoms with Gasteiger partial charge < -0.3 is 5.73 Å². The smallest absolute Gasteiger partial charge is 0.00105 e. The first kappa shape index (κ1) is 7.93. The summed E-state index contributed by atoms with van der Waals surface area (Å²) in [4.78, 5) is 0. The number of rotatable bonds is 3. The molecule has 2 unspecified atom stereocenters. The van der Waals surface area contributed by atoms with E-state index < -0.39 is 0 Å². The van der Waals surface area contributed by atoms with Gasteiger partial charge in [0.15, 0.2) is 0 Å². The van der Waals surface area contributed by atoms with Crippen molar-refractivity contribution in [2.75, 3.05) is 11.5 Å². The SMILES string of the molecule is CC(N)CCC1CC12CSC2. The molecule has 1 nitrogen and oxygen atoms in total. The van der Waals surface area contributed by atoms with Gasteiger partial charge >= 0.3 is 0 Å². The Kier molecular flexibility index (Phi) is 1.92. The van der Waals surface area contributed by atoms with Crippen LogP contribution in [0.1, 0.15) is 26.2 Å². The Balaban J connectivity index is 1.67. The third kappa shape index (κ3) is 1.43. The minimum absolute atomic E-state index is 0.417. The Morgan fingerprint density at radius 1 is 1.64 bits per heavy atom. The summed E-state index contributed by atoms with van der Waals surface area (Å²) in [5.41, 5.74) is 6.54. The Morgan fingerprint density at radius 2 is 2.36 bits per heavy atom. The molecule has 0 bridgehead atoms. The maximum Gasteiger partial charge on any atom is 0.00105 e. The van der Waals surface area contributed by atoms with Crippen LogP contribution < -0.4 is 5.73 Å². The van der Waals surface area contributed by atoms with E-state index in [9.17, 15) is 0 Å². The van der Waals surface area contributed by atoms with Crippen molar-refractivity contribution in [3.63, 3.8) is 0 Å². The molecular weight excluding hydrogens is 154 g/mol. The van der Waals surface area contributed by atoms with E-state index in [2.05, 4.69) is 18.7 Å². The van der Waals surface area contributed by atoms with Gasteiger partial charge in [0.2, 0.25) is 0 Å². The van der Waals surface area contributed by atoms with Crippen LogP contribution in [0.3, 0.4) is 0 Å². The third-order valence-electron chi connectivity index (χ3n) is 3.11. The molecule has 1 saturated carbocycles. The van der Waals surface area contributed by atoms with E-state index in [1.807, 2.05) is 0 Å². The third-order valence-corrected chi connectivity index (χ3v) is 4.67. The van der Waals surface area contributed by atoms with Crippen molar-refractivity contribution in [1.29, 1.82) is 0 Å². The quantitative estimate of drug-likeness (QED) is 0.701. The number of nitrogens with two attached hydrogens (primary N) is 1. The lowest BCUT2D eigenvalue weighted by atomic mass is 10.0. The predicted octanol–water partition coefficient (Wildman–Crippen LogP) is 1.87. The fourth-order valence-corrected chi connectivity index (χ4v) is 3.46. The summed E-state index contributed by atoms with van der Waals surface area (Å²) in [5.74, 6) is 3.93. The molecule has 2 aliphatic rings. The number of hydrogen-bond donors (Lipinski definition) is 1. The first-order valence-electron chi connectivity index (χ1n) is 4.56. The van der Waals surface area contributed by atoms with Crippen molar-refractivity contribution in [2.24, 2.45) is 17.1 Å². The largest absolute Gasteiger partial charge is 0.328 e. The van der Waals surface area contributed by atoms with Gasteiger partial charge in [0.25, 0.3) is 0 Å². The molecule has 64 valence electrons. The maximum absolute atomic E-state index is 5.71. The van der Waals surface area contributed by atoms with Crippen molar-refractivity contribution in [3.05, 3.63) is 0 Å². The molecule has 1 spiro atoms. The van der Waals surface area contributed by atoms with E-state index >= 15 is 0 Å². The molecule has 0 aromatic heterocycles. The molecule has 0 amide bonds. The summed E-state index contributed by atoms with van der Waals surface area (Å²) >= 11 is 2.11. The molecule has 0 radical (unpaired) electrons. The Hall–Kier alpha value is 0.310. The van der Waals surface area contributed by atoms with E-state index in [0.717, 1.165) is 11.3 Å². The molecule has 0 aromatic carbocycles. The summed E-state index contributed by atoms with van der Waals surface area (Å²) < 4.78 is 0. The van der Waals surface area contributed by atoms with E-state index in [-0.39, 0.29) is 0 Å². The average Bonchev–Trinajstić information content (AvgIpc) is 2.55. The highest BCUT2D eigenvalue weighted by atomic mass is 32.2. The molecular formula is C9H17NS. The van der Waals surface area contributed by atoms with Gasteiger partial charge in [0.1, 0.15) is 0 Å². The minimum Gasteiger partial charge on any atom is -0.328 e. The van der Waals surface area contributed by atoms with Crippen molar-refractivity contribution >= 4 is 11.8 Å². The summed E-state index contributed by atoms with van der Waals surface area (Å²) in [5, 5.41) is 0. The van der Waals surface area contributed by atoms with Crippen LogP contribution in [0.15, 0.2) is 0 Å². The zero-order chi connectivity index (χ0) is 7.90. The van der Waals surface area contributed by atoms with Gasteiger partial charge in [-0.15, -0.1) is 0 Å². The van der Waals surface area contributed by atoms with Crippen molar-refractivity contribution < 1.29 is 0 Å². The van der Waals surface area contributed by atoms with E-state index in [1.54, 1.807) is 0 Å². The molecule has 2 fully saturated rings. The van der Waals surface area contributed by atoms with E-state index in [0.29, 0.717) is 6.04 Å². The fourth-order valence-electron chi connectivity index (χ4n) is 2.02. The molecule has 2 N–H and O–H groups in total. The minimum atomic E-state index is 0.417. The van der Waals surface area contributed by atoms with Gasteiger partial charge in [-0.25, -0.2) is 0 Å². The number of hydrogen-bond acceptors (Lipinski definition) is 2. The van der Waals surface area contributed by atoms with Crippen LogP contribution >= 0.6 is 11.8 Å². The predicted molar refractivity (Wildman–Crippen MR) is 50.7 cm³/mol. The van der Waals surface area contributed by atoms with Gasteiger partial charge in [-0.2, -0.15) is 11.8 Å². The summed E-state index contributed by atoms with van der Waals surface area (Å²) in [6.07, 6.45) is 4.13. The second kappa shape index (κ2) is 2.67. The highest BCUT2D eigenvalue weighted by Gasteiger charge is 2.57. The fraction of sp³-hybridized carbons (Fsp3) is 1.00. The van der Waals surface area contributed by atoms with Crippen LogP contribution in [0.4, 0.5) is 0 Å². The molecule has 1 aliphatic carbocycles. The van der Waals surface area contributed by atoms with Crippen LogP contribution in [0, 0.1) is 11.3 Å². The standard InChI is InChI=1S/C9H17NS/c1-7(10)2-3-8-4-9(8)5-11-6-9/h7-8H,2-6,10H2,1H3. The normalized spacial score (nSPS) is 34.9. The van der Waals surface area contributed by atoms with Gasteiger partial charge in [-0.05, 0) is 37.5 Å². The number of thioether (sulfide) groups is 1. The molecule has 0 aromatic rings. The topological polar surface area (TPSA) is 26.0 Å². The van der Waals surface area contributed by atoms with Crippen LogP contribution in [0.5, 0.6) is 0 Å². The van der Waals surface area contributed by atoms with Crippen molar-refractivity contribution in [1.82, 2.24) is 0 Å². The van der Waals surface area contributed by atoms with Crippen LogP contribution in [-0.2, 0) is 0 Å². The lowest BCUT2D eigenvalue weighted by molar-refractivity contribution is 0.491. The average molecular weight is 171 g/mol. The molecule has 1 saturated heterocycles. The highest BCUT2D eigenvalue weighted by Crippen LogP contribution is 2.64. The molecule has 2 heteroatoms. The van der Waals surface area contributed by atoms with E-state index in [4.69, 9.17) is 5.73 Å². The molecule has 2 atom stereocenters. The van der Waals surface area contributed by atoms with Crippen LogP contribution in [-0.4, -0.2) is 17.5 Å². The van der Waals surface area contributed by atoms with E-state index in [1.165, 1.54) is 30.8 Å². The Morgan fingerprint density at radius 3 is 2.73 bits per heavy atom. The first-order chi connectivity index (χ1) is 5.23. The second-order valence-corrected chi connectivity index (χ2v) is 5.30. The molecule has 1 heterocycles. The van der Waals surface area contributed by atoms with Crippen LogP contribution in [0.2, 0.25) is 0 Å². The maximum atomic E-state index is 5.71. The Bertz CT molecular complexity index is 152. The lowest BCUT2D eigenvalue weighted by Crippen LogP contribution is -2.23. The molecule has 11 heavy (non-hydrogen) atoms. The summed E-state index contributed by atoms with van der Waals surface area (Å²) in [7, 11) is 0. The highest BCUT2D eigenvalue weighted by molar-refractivity contribution is 8.00. The first-order valence-corrected chi connectivity index (χ1v) is 5.72. The zero-order valence-electron chi connectivity index (χ0n) is 7.18. The Labute approximate surface area is 73.1 Å². The van der Waals surface area contributed by atoms with Crippen molar-refractivity contribution in [3.8, 4) is 0 Å². The summed E-state index contributed by atoms with van der Waals surface area (Å²) in [6, 6.07) is 0.417. The monoisotopic (exact) mass is 171 g/mol. The second-order valence-electron chi connectivity index (χ2n) is 4.31. The van der Waals surface area contributed by atoms with Gasteiger partial charge in [0.05, 0.1) is 0 Å². The van der Waals surface area contributed by atoms with Gasteiger partial charge in [-0.3, -0.25) is 0 Å². The molecule has 1 aliphatic heterocycles. The van der Waals surface area contributed by atoms with Gasteiger partial charge in [0, 0.05) is 17.5 Å². The van der Waals surface area contributed by atoms with Crippen LogP contribution in [0.25, 0.3) is 0 Å². The summed E-state index contributed by atoms with van der Waals surface area (Å²) in [6.45, 7) is 2.12. The van der Waals surface area contributed by atoms with Gasteiger partial charge in [-0.1, -0.05) is 0 Å². The lowest BCUT2D eigenvalue weighted by Gasteiger charge is -2.26. The molecule has 2 rings (SSSR count). The zero-order valence-corrected chi connectivity index (χ0v) is 7.99.